The maximum absolute atomic E-state index is 11.1. The van der Waals surface area contributed by atoms with Crippen molar-refractivity contribution in [3.05, 3.63) is 23.3 Å². The van der Waals surface area contributed by atoms with Crippen LogP contribution in [-0.2, 0) is 9.05 Å². The molecule has 0 saturated carbocycles. The minimum Gasteiger partial charge on any atom is -0.207 e. The molecule has 74 valence electrons. The van der Waals surface area contributed by atoms with E-state index in [0.29, 0.717) is 16.0 Å². The van der Waals surface area contributed by atoms with Gasteiger partial charge in [0.15, 0.2) is 0 Å². The van der Waals surface area contributed by atoms with E-state index in [1.54, 1.807) is 6.92 Å². The molecule has 0 atom stereocenters. The third kappa shape index (κ3) is 2.03. The standard InChI is InChI=1S/C8H6ClNO2S2/c1-5-7(14(9,11)12)3-2-6(4-10)8(5)13/h2-3,13H,1H3. The minimum absolute atomic E-state index is 0.0110. The zero-order chi connectivity index (χ0) is 10.9. The van der Waals surface area contributed by atoms with Gasteiger partial charge in [0.25, 0.3) is 9.05 Å². The van der Waals surface area contributed by atoms with E-state index in [1.165, 1.54) is 12.1 Å². The fourth-order valence-corrected chi connectivity index (χ4v) is 2.56. The third-order valence-corrected chi connectivity index (χ3v) is 3.81. The number of rotatable bonds is 1. The van der Waals surface area contributed by atoms with Gasteiger partial charge in [-0.3, -0.25) is 0 Å². The molecular formula is C8H6ClNO2S2. The Kier molecular flexibility index (Phi) is 3.10. The Hall–Kier alpha value is -0.700. The highest BCUT2D eigenvalue weighted by atomic mass is 35.7. The van der Waals surface area contributed by atoms with Gasteiger partial charge < -0.3 is 0 Å². The van der Waals surface area contributed by atoms with E-state index >= 15 is 0 Å². The van der Waals surface area contributed by atoms with Crippen LogP contribution in [0.25, 0.3) is 0 Å². The molecule has 0 heterocycles. The number of nitriles is 1. The Labute approximate surface area is 92.1 Å². The predicted octanol–water partition coefficient (Wildman–Crippen LogP) is 2.08. The van der Waals surface area contributed by atoms with Crippen molar-refractivity contribution < 1.29 is 8.42 Å². The number of nitrogens with zero attached hydrogens (tertiary/aromatic N) is 1. The summed E-state index contributed by atoms with van der Waals surface area (Å²) in [5.41, 5.74) is 0.720. The molecule has 6 heteroatoms. The first-order chi connectivity index (χ1) is 6.38. The second-order valence-electron chi connectivity index (χ2n) is 2.63. The lowest BCUT2D eigenvalue weighted by Gasteiger charge is -2.05. The molecule has 0 aromatic heterocycles. The van der Waals surface area contributed by atoms with E-state index in [-0.39, 0.29) is 4.90 Å². The number of benzene rings is 1. The topological polar surface area (TPSA) is 57.9 Å². The highest BCUT2D eigenvalue weighted by Gasteiger charge is 2.16. The van der Waals surface area contributed by atoms with Crippen molar-refractivity contribution in [3.8, 4) is 6.07 Å². The first-order valence-corrected chi connectivity index (χ1v) is 6.31. The molecule has 0 aliphatic heterocycles. The molecule has 14 heavy (non-hydrogen) atoms. The van der Waals surface area contributed by atoms with E-state index in [4.69, 9.17) is 15.9 Å². The van der Waals surface area contributed by atoms with Crippen molar-refractivity contribution in [2.75, 3.05) is 0 Å². The van der Waals surface area contributed by atoms with Crippen LogP contribution in [0.5, 0.6) is 0 Å². The molecule has 0 radical (unpaired) electrons. The highest BCUT2D eigenvalue weighted by Crippen LogP contribution is 2.27. The van der Waals surface area contributed by atoms with Crippen LogP contribution in [0.3, 0.4) is 0 Å². The molecule has 1 aromatic rings. The molecule has 0 amide bonds. The molecule has 1 rings (SSSR count). The van der Waals surface area contributed by atoms with Gasteiger partial charge in [-0.15, -0.1) is 12.6 Å². The van der Waals surface area contributed by atoms with Gasteiger partial charge in [-0.2, -0.15) is 5.26 Å². The van der Waals surface area contributed by atoms with E-state index in [9.17, 15) is 8.42 Å². The van der Waals surface area contributed by atoms with Crippen LogP contribution in [-0.4, -0.2) is 8.42 Å². The van der Waals surface area contributed by atoms with Crippen molar-refractivity contribution in [2.24, 2.45) is 0 Å². The number of hydrogen-bond acceptors (Lipinski definition) is 4. The smallest absolute Gasteiger partial charge is 0.207 e. The average molecular weight is 248 g/mol. The molecular weight excluding hydrogens is 242 g/mol. The number of halogens is 1. The Balaban J connectivity index is 3.57. The lowest BCUT2D eigenvalue weighted by molar-refractivity contribution is 0.608. The van der Waals surface area contributed by atoms with Crippen LogP contribution in [0.15, 0.2) is 21.9 Å². The molecule has 0 spiro atoms. The molecule has 0 unspecified atom stereocenters. The number of hydrogen-bond donors (Lipinski definition) is 1. The highest BCUT2D eigenvalue weighted by molar-refractivity contribution is 8.13. The molecule has 0 N–H and O–H groups in total. The van der Waals surface area contributed by atoms with Gasteiger partial charge in [0.05, 0.1) is 10.5 Å². The van der Waals surface area contributed by atoms with Gasteiger partial charge in [0.1, 0.15) is 6.07 Å². The monoisotopic (exact) mass is 247 g/mol. The van der Waals surface area contributed by atoms with Crippen LogP contribution in [0, 0.1) is 18.3 Å². The van der Waals surface area contributed by atoms with E-state index in [0.717, 1.165) is 0 Å². The fraction of sp³-hybridized carbons (Fsp3) is 0.125. The molecule has 0 saturated heterocycles. The average Bonchev–Trinajstić information content (AvgIpc) is 2.07. The van der Waals surface area contributed by atoms with Crippen LogP contribution in [0.4, 0.5) is 0 Å². The second-order valence-corrected chi connectivity index (χ2v) is 5.62. The van der Waals surface area contributed by atoms with Crippen LogP contribution < -0.4 is 0 Å². The summed E-state index contributed by atoms with van der Waals surface area (Å²) in [4.78, 5) is 0.331. The third-order valence-electron chi connectivity index (χ3n) is 1.76. The minimum atomic E-state index is -3.77. The Morgan fingerprint density at radius 3 is 2.50 bits per heavy atom. The summed E-state index contributed by atoms with van der Waals surface area (Å²) in [5.74, 6) is 0. The van der Waals surface area contributed by atoms with Crippen molar-refractivity contribution >= 4 is 32.4 Å². The first-order valence-electron chi connectivity index (χ1n) is 3.55. The molecule has 1 aromatic carbocycles. The largest absolute Gasteiger partial charge is 0.261 e. The van der Waals surface area contributed by atoms with E-state index < -0.39 is 9.05 Å². The molecule has 0 bridgehead atoms. The van der Waals surface area contributed by atoms with Gasteiger partial charge in [-0.05, 0) is 24.6 Å². The molecule has 3 nitrogen and oxygen atoms in total. The summed E-state index contributed by atoms with van der Waals surface area (Å²) < 4.78 is 22.1. The van der Waals surface area contributed by atoms with E-state index in [1.807, 2.05) is 6.07 Å². The lowest BCUT2D eigenvalue weighted by atomic mass is 10.1. The van der Waals surface area contributed by atoms with Crippen molar-refractivity contribution in [1.29, 1.82) is 5.26 Å². The predicted molar refractivity (Wildman–Crippen MR) is 56.2 cm³/mol. The molecule has 0 fully saturated rings. The van der Waals surface area contributed by atoms with Crippen molar-refractivity contribution in [3.63, 3.8) is 0 Å². The summed E-state index contributed by atoms with van der Waals surface area (Å²) in [6, 6.07) is 4.58. The van der Waals surface area contributed by atoms with Crippen LogP contribution in [0.2, 0.25) is 0 Å². The van der Waals surface area contributed by atoms with Crippen LogP contribution >= 0.6 is 23.3 Å². The quantitative estimate of drug-likeness (QED) is 0.611. The summed E-state index contributed by atoms with van der Waals surface area (Å²) in [6.45, 7) is 1.55. The summed E-state index contributed by atoms with van der Waals surface area (Å²) in [6.07, 6.45) is 0. The molecule has 0 aliphatic carbocycles. The summed E-state index contributed by atoms with van der Waals surface area (Å²) in [7, 11) is 1.42. The zero-order valence-corrected chi connectivity index (χ0v) is 9.62. The van der Waals surface area contributed by atoms with Gasteiger partial charge in [0.2, 0.25) is 0 Å². The first kappa shape index (κ1) is 11.4. The van der Waals surface area contributed by atoms with E-state index in [2.05, 4.69) is 12.6 Å². The van der Waals surface area contributed by atoms with Crippen molar-refractivity contribution in [1.82, 2.24) is 0 Å². The van der Waals surface area contributed by atoms with Gasteiger partial charge in [0, 0.05) is 15.6 Å². The maximum Gasteiger partial charge on any atom is 0.261 e. The van der Waals surface area contributed by atoms with Gasteiger partial charge >= 0.3 is 0 Å². The second kappa shape index (κ2) is 3.81. The molecule has 0 aliphatic rings. The normalized spacial score (nSPS) is 11.0. The summed E-state index contributed by atoms with van der Waals surface area (Å²) in [5, 5.41) is 8.66. The van der Waals surface area contributed by atoms with Gasteiger partial charge in [-0.1, -0.05) is 0 Å². The lowest BCUT2D eigenvalue weighted by Crippen LogP contribution is -1.96. The van der Waals surface area contributed by atoms with Gasteiger partial charge in [-0.25, -0.2) is 8.42 Å². The number of thiol groups is 1. The van der Waals surface area contributed by atoms with Crippen LogP contribution in [0.1, 0.15) is 11.1 Å². The zero-order valence-electron chi connectivity index (χ0n) is 7.15. The SMILES string of the molecule is Cc1c(S(=O)(=O)Cl)ccc(C#N)c1S. The maximum atomic E-state index is 11.1. The Morgan fingerprint density at radius 2 is 2.07 bits per heavy atom. The summed E-state index contributed by atoms with van der Waals surface area (Å²) >= 11 is 4.05. The Bertz CT molecular complexity index is 517. The Morgan fingerprint density at radius 1 is 1.50 bits per heavy atom. The fourth-order valence-electron chi connectivity index (χ4n) is 1.04. The van der Waals surface area contributed by atoms with Crippen molar-refractivity contribution in [2.45, 2.75) is 16.7 Å².